The van der Waals surface area contributed by atoms with Gasteiger partial charge in [-0.3, -0.25) is 4.90 Å². The van der Waals surface area contributed by atoms with E-state index in [4.69, 9.17) is 4.74 Å². The number of sulfonamides is 1. The van der Waals surface area contributed by atoms with Gasteiger partial charge in [-0.2, -0.15) is 4.31 Å². The summed E-state index contributed by atoms with van der Waals surface area (Å²) >= 11 is 3.44. The second kappa shape index (κ2) is 7.64. The molecule has 0 aromatic heterocycles. The van der Waals surface area contributed by atoms with Crippen LogP contribution in [0.25, 0.3) is 0 Å². The van der Waals surface area contributed by atoms with Crippen molar-refractivity contribution in [2.75, 3.05) is 26.2 Å². The third-order valence-electron chi connectivity index (χ3n) is 5.02. The first-order chi connectivity index (χ1) is 11.8. The minimum atomic E-state index is -3.45. The molecule has 3 atom stereocenters. The van der Waals surface area contributed by atoms with Crippen molar-refractivity contribution in [3.8, 4) is 0 Å². The van der Waals surface area contributed by atoms with Crippen LogP contribution in [0.15, 0.2) is 27.6 Å². The monoisotopic (exact) mass is 430 g/mol. The lowest BCUT2D eigenvalue weighted by Crippen LogP contribution is -2.50. The molecule has 2 fully saturated rings. The molecule has 2 aliphatic heterocycles. The Kier molecular flexibility index (Phi) is 5.90. The highest BCUT2D eigenvalue weighted by molar-refractivity contribution is 9.10. The number of hydrogen-bond donors (Lipinski definition) is 0. The fourth-order valence-corrected chi connectivity index (χ4v) is 5.97. The van der Waals surface area contributed by atoms with Crippen LogP contribution in [-0.2, 0) is 14.8 Å². The molecule has 2 saturated heterocycles. The van der Waals surface area contributed by atoms with Crippen molar-refractivity contribution < 1.29 is 13.2 Å². The zero-order chi connectivity index (χ0) is 18.2. The Morgan fingerprint density at radius 3 is 2.56 bits per heavy atom. The molecule has 1 aromatic rings. The van der Waals surface area contributed by atoms with Gasteiger partial charge in [0.1, 0.15) is 0 Å². The number of halogens is 1. The summed E-state index contributed by atoms with van der Waals surface area (Å²) in [6.45, 7) is 9.20. The number of benzene rings is 1. The molecule has 0 aliphatic carbocycles. The number of hydrogen-bond acceptors (Lipinski definition) is 4. The maximum atomic E-state index is 13.1. The average Bonchev–Trinajstić information content (AvgIpc) is 2.97. The van der Waals surface area contributed by atoms with Crippen molar-refractivity contribution in [2.45, 2.75) is 56.8 Å². The zero-order valence-electron chi connectivity index (χ0n) is 15.1. The van der Waals surface area contributed by atoms with Gasteiger partial charge in [0.05, 0.1) is 17.1 Å². The Labute approximate surface area is 159 Å². The van der Waals surface area contributed by atoms with E-state index in [2.05, 4.69) is 34.7 Å². The summed E-state index contributed by atoms with van der Waals surface area (Å²) < 4.78 is 34.7. The summed E-state index contributed by atoms with van der Waals surface area (Å²) in [5, 5.41) is 0. The van der Waals surface area contributed by atoms with Gasteiger partial charge >= 0.3 is 0 Å². The third-order valence-corrected chi connectivity index (χ3v) is 7.86. The molecule has 2 aliphatic rings. The van der Waals surface area contributed by atoms with E-state index >= 15 is 0 Å². The Bertz CT molecular complexity index is 715. The Hall–Kier alpha value is -0.470. The molecule has 0 amide bonds. The lowest BCUT2D eigenvalue weighted by Gasteiger charge is -2.38. The zero-order valence-corrected chi connectivity index (χ0v) is 17.5. The van der Waals surface area contributed by atoms with E-state index < -0.39 is 10.0 Å². The first-order valence-electron chi connectivity index (χ1n) is 8.93. The van der Waals surface area contributed by atoms with Crippen molar-refractivity contribution >= 4 is 26.0 Å². The maximum Gasteiger partial charge on any atom is 0.243 e. The van der Waals surface area contributed by atoms with E-state index in [1.165, 1.54) is 0 Å². The predicted octanol–water partition coefficient (Wildman–Crippen LogP) is 3.02. The number of ether oxygens (including phenoxy) is 1. The highest BCUT2D eigenvalue weighted by Gasteiger charge is 2.37. The largest absolute Gasteiger partial charge is 0.373 e. The van der Waals surface area contributed by atoms with Gasteiger partial charge in [-0.05, 0) is 57.4 Å². The Morgan fingerprint density at radius 1 is 1.24 bits per heavy atom. The van der Waals surface area contributed by atoms with Gasteiger partial charge in [0.15, 0.2) is 0 Å². The second-order valence-corrected chi connectivity index (χ2v) is 10.0. The number of aryl methyl sites for hydroxylation is 1. The lowest BCUT2D eigenvalue weighted by molar-refractivity contribution is -0.0707. The van der Waals surface area contributed by atoms with Gasteiger partial charge in [0.2, 0.25) is 10.0 Å². The van der Waals surface area contributed by atoms with Crippen LogP contribution in [0.4, 0.5) is 0 Å². The van der Waals surface area contributed by atoms with Gasteiger partial charge in [-0.15, -0.1) is 0 Å². The minimum absolute atomic E-state index is 0.0476. The standard InChI is InChI=1S/C18H27BrN2O3S/c1-13-9-17(6-7-18(13)19)25(22,23)21-8-4-5-16(21)12-20-10-14(2)24-15(3)11-20/h6-7,9,14-16H,4-5,8,10-12H2,1-3H3/t14-,15-,16-/m1/s1. The number of rotatable bonds is 4. The SMILES string of the molecule is Cc1cc(S(=O)(=O)N2CCC[C@@H]2CN2C[C@@H](C)O[C@H](C)C2)ccc1Br. The van der Waals surface area contributed by atoms with Crippen LogP contribution < -0.4 is 0 Å². The van der Waals surface area contributed by atoms with Crippen molar-refractivity contribution in [3.05, 3.63) is 28.2 Å². The molecule has 140 valence electrons. The number of nitrogens with zero attached hydrogens (tertiary/aromatic N) is 2. The van der Waals surface area contributed by atoms with Crippen LogP contribution in [0.3, 0.4) is 0 Å². The summed E-state index contributed by atoms with van der Waals surface area (Å²) in [7, 11) is -3.45. The van der Waals surface area contributed by atoms with Crippen LogP contribution in [0.5, 0.6) is 0 Å². The molecular weight excluding hydrogens is 404 g/mol. The number of morpholine rings is 1. The molecule has 25 heavy (non-hydrogen) atoms. The summed E-state index contributed by atoms with van der Waals surface area (Å²) in [6.07, 6.45) is 2.25. The molecule has 0 saturated carbocycles. The van der Waals surface area contributed by atoms with Crippen LogP contribution in [-0.4, -0.2) is 62.1 Å². The molecule has 0 N–H and O–H groups in total. The summed E-state index contributed by atoms with van der Waals surface area (Å²) in [4.78, 5) is 2.74. The Morgan fingerprint density at radius 2 is 1.92 bits per heavy atom. The van der Waals surface area contributed by atoms with Gasteiger partial charge in [0.25, 0.3) is 0 Å². The highest BCUT2D eigenvalue weighted by atomic mass is 79.9. The van der Waals surface area contributed by atoms with E-state index in [9.17, 15) is 8.42 Å². The third kappa shape index (κ3) is 4.27. The first kappa shape index (κ1) is 19.3. The lowest BCUT2D eigenvalue weighted by atomic mass is 10.1. The first-order valence-corrected chi connectivity index (χ1v) is 11.2. The van der Waals surface area contributed by atoms with Crippen LogP contribution in [0.2, 0.25) is 0 Å². The van der Waals surface area contributed by atoms with Crippen LogP contribution >= 0.6 is 15.9 Å². The summed E-state index contributed by atoms with van der Waals surface area (Å²) in [5.41, 5.74) is 0.938. The molecule has 0 spiro atoms. The second-order valence-electron chi connectivity index (χ2n) is 7.30. The van der Waals surface area contributed by atoms with Gasteiger partial charge in [0, 0.05) is 36.7 Å². The molecule has 1 aromatic carbocycles. The Balaban J connectivity index is 1.77. The molecular formula is C18H27BrN2O3S. The molecule has 5 nitrogen and oxygen atoms in total. The van der Waals surface area contributed by atoms with E-state index in [1.54, 1.807) is 16.4 Å². The van der Waals surface area contributed by atoms with E-state index in [-0.39, 0.29) is 18.2 Å². The van der Waals surface area contributed by atoms with Gasteiger partial charge in [-0.1, -0.05) is 15.9 Å². The molecule has 3 rings (SSSR count). The van der Waals surface area contributed by atoms with Gasteiger partial charge < -0.3 is 4.74 Å². The molecule has 7 heteroatoms. The van der Waals surface area contributed by atoms with Crippen molar-refractivity contribution in [2.24, 2.45) is 0 Å². The normalized spacial score (nSPS) is 29.2. The minimum Gasteiger partial charge on any atom is -0.373 e. The molecule has 2 heterocycles. The summed E-state index contributed by atoms with van der Waals surface area (Å²) in [6, 6.07) is 5.32. The topological polar surface area (TPSA) is 49.9 Å². The van der Waals surface area contributed by atoms with Crippen molar-refractivity contribution in [1.82, 2.24) is 9.21 Å². The van der Waals surface area contributed by atoms with Crippen LogP contribution in [0.1, 0.15) is 32.3 Å². The molecule has 0 unspecified atom stereocenters. The van der Waals surface area contributed by atoms with Crippen LogP contribution in [0, 0.1) is 6.92 Å². The van der Waals surface area contributed by atoms with E-state index in [0.29, 0.717) is 11.4 Å². The van der Waals surface area contributed by atoms with Crippen molar-refractivity contribution in [1.29, 1.82) is 0 Å². The average molecular weight is 431 g/mol. The van der Waals surface area contributed by atoms with Crippen molar-refractivity contribution in [3.63, 3.8) is 0 Å². The quantitative estimate of drug-likeness (QED) is 0.736. The van der Waals surface area contributed by atoms with E-state index in [1.807, 2.05) is 13.0 Å². The van der Waals surface area contributed by atoms with Gasteiger partial charge in [-0.25, -0.2) is 8.42 Å². The van der Waals surface area contributed by atoms with E-state index in [0.717, 1.165) is 42.5 Å². The smallest absolute Gasteiger partial charge is 0.243 e. The maximum absolute atomic E-state index is 13.1. The fraction of sp³-hybridized carbons (Fsp3) is 0.667. The molecule has 0 bridgehead atoms. The fourth-order valence-electron chi connectivity index (χ4n) is 3.95. The molecule has 0 radical (unpaired) electrons. The summed E-state index contributed by atoms with van der Waals surface area (Å²) in [5.74, 6) is 0. The highest BCUT2D eigenvalue weighted by Crippen LogP contribution is 2.29. The predicted molar refractivity (Wildman–Crippen MR) is 102 cm³/mol.